The fraction of sp³-hybridized carbons (Fsp3) is 0.611. The van der Waals surface area contributed by atoms with Crippen LogP contribution in [0.25, 0.3) is 0 Å². The molecule has 1 amide bonds. The van der Waals surface area contributed by atoms with E-state index in [-0.39, 0.29) is 24.9 Å². The van der Waals surface area contributed by atoms with E-state index in [1.165, 1.54) is 0 Å². The second-order valence-corrected chi connectivity index (χ2v) is 6.69. The highest BCUT2D eigenvalue weighted by Gasteiger charge is 2.31. The van der Waals surface area contributed by atoms with Crippen molar-refractivity contribution in [1.82, 2.24) is 10.2 Å². The maximum Gasteiger partial charge on any atom is 0.260 e. The van der Waals surface area contributed by atoms with Crippen LogP contribution in [0.1, 0.15) is 24.0 Å². The predicted molar refractivity (Wildman–Crippen MR) is 94.3 cm³/mol. The second kappa shape index (κ2) is 8.02. The highest BCUT2D eigenvalue weighted by molar-refractivity contribution is 5.85. The van der Waals surface area contributed by atoms with Gasteiger partial charge in [-0.15, -0.1) is 12.4 Å². The minimum Gasteiger partial charge on any atom is -0.483 e. The summed E-state index contributed by atoms with van der Waals surface area (Å²) in [4.78, 5) is 14.4. The first-order valence-corrected chi connectivity index (χ1v) is 8.32. The smallest absolute Gasteiger partial charge is 0.260 e. The number of fused-ring (bicyclic) bond motifs is 1. The molecule has 3 rings (SSSR count). The maximum absolute atomic E-state index is 12.4. The van der Waals surface area contributed by atoms with E-state index in [4.69, 9.17) is 4.74 Å². The molecule has 0 aliphatic carbocycles. The summed E-state index contributed by atoms with van der Waals surface area (Å²) in [6, 6.07) is 6.10. The fourth-order valence-electron chi connectivity index (χ4n) is 3.56. The average molecular weight is 339 g/mol. The van der Waals surface area contributed by atoms with Crippen LogP contribution in [-0.4, -0.2) is 43.6 Å². The molecule has 1 aromatic rings. The van der Waals surface area contributed by atoms with Crippen LogP contribution in [0.4, 0.5) is 0 Å². The van der Waals surface area contributed by atoms with E-state index in [2.05, 4.69) is 11.4 Å². The maximum atomic E-state index is 12.4. The second-order valence-electron chi connectivity index (χ2n) is 6.69. The molecule has 1 aromatic carbocycles. The van der Waals surface area contributed by atoms with Gasteiger partial charge in [0, 0.05) is 13.1 Å². The van der Waals surface area contributed by atoms with Crippen LogP contribution in [-0.2, 0) is 4.79 Å². The summed E-state index contributed by atoms with van der Waals surface area (Å²) in [5.74, 6) is 2.44. The summed E-state index contributed by atoms with van der Waals surface area (Å²) >= 11 is 0. The van der Waals surface area contributed by atoms with Crippen LogP contribution in [0.5, 0.6) is 5.75 Å². The molecule has 0 unspecified atom stereocenters. The molecule has 2 atom stereocenters. The molecule has 23 heavy (non-hydrogen) atoms. The highest BCUT2D eigenvalue weighted by Crippen LogP contribution is 2.27. The minimum absolute atomic E-state index is 0. The summed E-state index contributed by atoms with van der Waals surface area (Å²) in [6.45, 7) is 8.18. The largest absolute Gasteiger partial charge is 0.483 e. The van der Waals surface area contributed by atoms with Crippen molar-refractivity contribution in [3.8, 4) is 5.75 Å². The number of nitrogens with one attached hydrogen (secondary N) is 1. The number of carbonyl (C=O) groups excluding carboxylic acids is 1. The van der Waals surface area contributed by atoms with Crippen LogP contribution in [0.15, 0.2) is 18.2 Å². The van der Waals surface area contributed by atoms with Gasteiger partial charge in [0.15, 0.2) is 6.61 Å². The third-order valence-corrected chi connectivity index (χ3v) is 5.07. The Labute approximate surface area is 145 Å². The molecular weight excluding hydrogens is 312 g/mol. The number of amides is 1. The number of ether oxygens (including phenoxy) is 1. The van der Waals surface area contributed by atoms with Crippen molar-refractivity contribution in [1.29, 1.82) is 0 Å². The molecule has 5 heteroatoms. The Balaban J connectivity index is 0.00000192. The van der Waals surface area contributed by atoms with Crippen molar-refractivity contribution in [2.24, 2.45) is 11.8 Å². The van der Waals surface area contributed by atoms with Gasteiger partial charge < -0.3 is 15.0 Å². The van der Waals surface area contributed by atoms with Crippen LogP contribution in [0, 0.1) is 25.7 Å². The molecule has 0 aromatic heterocycles. The normalized spacial score (nSPS) is 23.7. The fourth-order valence-corrected chi connectivity index (χ4v) is 3.56. The Morgan fingerprint density at radius 2 is 1.87 bits per heavy atom. The molecular formula is C18H27ClN2O2. The summed E-state index contributed by atoms with van der Waals surface area (Å²) in [5, 5.41) is 3.47. The molecule has 2 aliphatic rings. The van der Waals surface area contributed by atoms with E-state index in [0.29, 0.717) is 0 Å². The summed E-state index contributed by atoms with van der Waals surface area (Å²) in [6.07, 6.45) is 2.24. The van der Waals surface area contributed by atoms with Crippen molar-refractivity contribution in [2.75, 3.05) is 32.8 Å². The predicted octanol–water partition coefficient (Wildman–Crippen LogP) is 2.56. The Bertz CT molecular complexity index is 536. The number of hydrogen-bond donors (Lipinski definition) is 1. The molecule has 0 saturated carbocycles. The van der Waals surface area contributed by atoms with Gasteiger partial charge in [-0.1, -0.05) is 12.1 Å². The van der Waals surface area contributed by atoms with Crippen molar-refractivity contribution in [2.45, 2.75) is 26.7 Å². The Morgan fingerprint density at radius 1 is 1.22 bits per heavy atom. The molecule has 2 aliphatic heterocycles. The van der Waals surface area contributed by atoms with Crippen LogP contribution < -0.4 is 10.1 Å². The highest BCUT2D eigenvalue weighted by atomic mass is 35.5. The van der Waals surface area contributed by atoms with Gasteiger partial charge in [0.1, 0.15) is 5.75 Å². The molecule has 4 nitrogen and oxygen atoms in total. The number of nitrogens with zero attached hydrogens (tertiary/aromatic N) is 1. The van der Waals surface area contributed by atoms with Gasteiger partial charge in [0.2, 0.25) is 0 Å². The molecule has 1 N–H and O–H groups in total. The minimum atomic E-state index is 0. The lowest BCUT2D eigenvalue weighted by Crippen LogP contribution is -2.36. The number of hydrogen-bond acceptors (Lipinski definition) is 3. The number of benzene rings is 1. The van der Waals surface area contributed by atoms with Gasteiger partial charge >= 0.3 is 0 Å². The summed E-state index contributed by atoms with van der Waals surface area (Å²) in [7, 11) is 0. The molecule has 2 fully saturated rings. The third kappa shape index (κ3) is 4.39. The van der Waals surface area contributed by atoms with Crippen molar-refractivity contribution in [3.63, 3.8) is 0 Å². The first kappa shape index (κ1) is 18.1. The molecule has 0 radical (unpaired) electrons. The van der Waals surface area contributed by atoms with E-state index in [1.807, 2.05) is 30.9 Å². The van der Waals surface area contributed by atoms with E-state index in [9.17, 15) is 4.79 Å². The van der Waals surface area contributed by atoms with Crippen LogP contribution in [0.2, 0.25) is 0 Å². The van der Waals surface area contributed by atoms with Crippen LogP contribution >= 0.6 is 12.4 Å². The van der Waals surface area contributed by atoms with Gasteiger partial charge in [0.05, 0.1) is 0 Å². The third-order valence-electron chi connectivity index (χ3n) is 5.07. The van der Waals surface area contributed by atoms with Gasteiger partial charge in [-0.05, 0) is 68.8 Å². The van der Waals surface area contributed by atoms with E-state index < -0.39 is 0 Å². The molecule has 0 bridgehead atoms. The summed E-state index contributed by atoms with van der Waals surface area (Å²) in [5.41, 5.74) is 2.23. The zero-order valence-electron chi connectivity index (χ0n) is 14.0. The van der Waals surface area contributed by atoms with E-state index in [0.717, 1.165) is 67.7 Å². The monoisotopic (exact) mass is 338 g/mol. The van der Waals surface area contributed by atoms with Crippen LogP contribution in [0.3, 0.4) is 0 Å². The number of halogens is 1. The zero-order valence-corrected chi connectivity index (χ0v) is 14.8. The van der Waals surface area contributed by atoms with Crippen molar-refractivity contribution in [3.05, 3.63) is 29.3 Å². The lowest BCUT2D eigenvalue weighted by atomic mass is 9.92. The first-order valence-electron chi connectivity index (χ1n) is 8.32. The molecule has 128 valence electrons. The average Bonchev–Trinajstić information content (AvgIpc) is 2.86. The zero-order chi connectivity index (χ0) is 15.5. The summed E-state index contributed by atoms with van der Waals surface area (Å²) < 4.78 is 5.76. The SMILES string of the molecule is Cc1ccc(C)c(OCC(=O)N2CC[C@@H]3CNC[C@@H]3CC2)c1.Cl. The van der Waals surface area contributed by atoms with Gasteiger partial charge in [-0.25, -0.2) is 0 Å². The van der Waals surface area contributed by atoms with Gasteiger partial charge in [-0.3, -0.25) is 4.79 Å². The van der Waals surface area contributed by atoms with E-state index >= 15 is 0 Å². The van der Waals surface area contributed by atoms with E-state index in [1.54, 1.807) is 0 Å². The first-order chi connectivity index (χ1) is 10.6. The number of carbonyl (C=O) groups is 1. The lowest BCUT2D eigenvalue weighted by Gasteiger charge is -2.21. The molecule has 2 heterocycles. The Hall–Kier alpha value is -1.26. The quantitative estimate of drug-likeness (QED) is 0.921. The number of aryl methyl sites for hydroxylation is 2. The lowest BCUT2D eigenvalue weighted by molar-refractivity contribution is -0.133. The Kier molecular flexibility index (Phi) is 6.31. The number of rotatable bonds is 3. The topological polar surface area (TPSA) is 41.6 Å². The molecule has 2 saturated heterocycles. The standard InChI is InChI=1S/C18H26N2O2.ClH/c1-13-3-4-14(2)17(9-13)22-12-18(21)20-7-5-15-10-19-11-16(15)6-8-20;/h3-4,9,15-16,19H,5-8,10-12H2,1-2H3;1H/t15-,16+;. The Morgan fingerprint density at radius 3 is 2.52 bits per heavy atom. The van der Waals surface area contributed by atoms with Crippen molar-refractivity contribution >= 4 is 18.3 Å². The number of likely N-dealkylation sites (tertiary alicyclic amines) is 1. The van der Waals surface area contributed by atoms with Gasteiger partial charge in [-0.2, -0.15) is 0 Å². The van der Waals surface area contributed by atoms with Gasteiger partial charge in [0.25, 0.3) is 5.91 Å². The van der Waals surface area contributed by atoms with Crippen molar-refractivity contribution < 1.29 is 9.53 Å². The molecule has 0 spiro atoms.